The third-order valence-corrected chi connectivity index (χ3v) is 4.94. The molecular weight excluding hydrogens is 268 g/mol. The molecule has 2 aromatic heterocycles. The number of nitrogens with one attached hydrogen (secondary N) is 1. The van der Waals surface area contributed by atoms with E-state index in [0.29, 0.717) is 5.69 Å². The van der Waals surface area contributed by atoms with Gasteiger partial charge in [0.05, 0.1) is 10.7 Å². The van der Waals surface area contributed by atoms with Crippen LogP contribution >= 0.6 is 11.3 Å². The lowest BCUT2D eigenvalue weighted by molar-refractivity contribution is 0.577. The van der Waals surface area contributed by atoms with E-state index in [9.17, 15) is 0 Å². The predicted octanol–water partition coefficient (Wildman–Crippen LogP) is 3.13. The van der Waals surface area contributed by atoms with Crippen molar-refractivity contribution in [1.82, 2.24) is 14.9 Å². The Morgan fingerprint density at radius 2 is 2.15 bits per heavy atom. The SMILES string of the molecule is Cc1nc(C)c(C(C)NCc2cc(C#N)n(C)c2C)s1. The molecule has 0 amide bonds. The van der Waals surface area contributed by atoms with E-state index >= 15 is 0 Å². The molecule has 106 valence electrons. The Hall–Kier alpha value is -1.64. The summed E-state index contributed by atoms with van der Waals surface area (Å²) in [4.78, 5) is 5.76. The number of aromatic nitrogens is 2. The number of hydrogen-bond donors (Lipinski definition) is 1. The zero-order valence-electron chi connectivity index (χ0n) is 12.6. The van der Waals surface area contributed by atoms with Crippen molar-refractivity contribution in [1.29, 1.82) is 5.26 Å². The number of nitriles is 1. The van der Waals surface area contributed by atoms with Crippen molar-refractivity contribution in [3.8, 4) is 6.07 Å². The number of hydrogen-bond acceptors (Lipinski definition) is 4. The van der Waals surface area contributed by atoms with Crippen LogP contribution in [0.4, 0.5) is 0 Å². The molecule has 1 unspecified atom stereocenters. The van der Waals surface area contributed by atoms with Gasteiger partial charge in [-0.15, -0.1) is 11.3 Å². The highest BCUT2D eigenvalue weighted by Crippen LogP contribution is 2.25. The molecule has 2 aromatic rings. The quantitative estimate of drug-likeness (QED) is 0.940. The van der Waals surface area contributed by atoms with Crippen LogP contribution in [0.1, 0.15) is 45.5 Å². The fourth-order valence-corrected chi connectivity index (χ4v) is 3.31. The maximum absolute atomic E-state index is 9.05. The molecule has 2 heterocycles. The zero-order chi connectivity index (χ0) is 14.9. The van der Waals surface area contributed by atoms with Gasteiger partial charge in [-0.1, -0.05) is 0 Å². The van der Waals surface area contributed by atoms with Gasteiger partial charge >= 0.3 is 0 Å². The molecule has 5 heteroatoms. The standard InChI is InChI=1S/C15H20N4S/c1-9(15-10(2)18-12(4)20-15)17-8-13-6-14(7-16)19(5)11(13)3/h6,9,17H,8H2,1-5H3. The van der Waals surface area contributed by atoms with E-state index in [1.807, 2.05) is 31.5 Å². The first-order valence-corrected chi connectivity index (χ1v) is 7.48. The van der Waals surface area contributed by atoms with Crippen molar-refractivity contribution in [2.75, 3.05) is 0 Å². The van der Waals surface area contributed by atoms with Crippen molar-refractivity contribution in [3.05, 3.63) is 38.6 Å². The molecule has 0 spiro atoms. The second-order valence-electron chi connectivity index (χ2n) is 5.10. The first-order valence-electron chi connectivity index (χ1n) is 6.66. The maximum Gasteiger partial charge on any atom is 0.120 e. The molecular formula is C15H20N4S. The topological polar surface area (TPSA) is 53.6 Å². The average molecular weight is 288 g/mol. The van der Waals surface area contributed by atoms with Crippen molar-refractivity contribution >= 4 is 11.3 Å². The Morgan fingerprint density at radius 1 is 1.45 bits per heavy atom. The summed E-state index contributed by atoms with van der Waals surface area (Å²) in [6, 6.07) is 4.44. The molecule has 0 radical (unpaired) electrons. The van der Waals surface area contributed by atoms with Gasteiger partial charge in [0, 0.05) is 30.2 Å². The molecule has 0 saturated carbocycles. The van der Waals surface area contributed by atoms with Crippen LogP contribution in [-0.2, 0) is 13.6 Å². The largest absolute Gasteiger partial charge is 0.340 e. The van der Waals surface area contributed by atoms with E-state index in [-0.39, 0.29) is 6.04 Å². The minimum Gasteiger partial charge on any atom is -0.340 e. The first kappa shape index (κ1) is 14.8. The molecule has 0 fully saturated rings. The minimum absolute atomic E-state index is 0.270. The maximum atomic E-state index is 9.05. The average Bonchev–Trinajstić information content (AvgIpc) is 2.88. The van der Waals surface area contributed by atoms with E-state index in [2.05, 4.69) is 30.2 Å². The van der Waals surface area contributed by atoms with Crippen molar-refractivity contribution < 1.29 is 0 Å². The Kier molecular flexibility index (Phi) is 4.26. The fourth-order valence-electron chi connectivity index (χ4n) is 2.35. The van der Waals surface area contributed by atoms with Gasteiger partial charge in [-0.05, 0) is 39.3 Å². The van der Waals surface area contributed by atoms with Crippen LogP contribution in [0, 0.1) is 32.1 Å². The van der Waals surface area contributed by atoms with E-state index in [4.69, 9.17) is 5.26 Å². The summed E-state index contributed by atoms with van der Waals surface area (Å²) in [5.74, 6) is 0. The Labute approximate surface area is 124 Å². The van der Waals surface area contributed by atoms with Gasteiger partial charge in [0.15, 0.2) is 0 Å². The second kappa shape index (κ2) is 5.78. The fraction of sp³-hybridized carbons (Fsp3) is 0.467. The molecule has 0 aliphatic carbocycles. The van der Waals surface area contributed by atoms with Crippen molar-refractivity contribution in [2.24, 2.45) is 7.05 Å². The van der Waals surface area contributed by atoms with Crippen LogP contribution in [-0.4, -0.2) is 9.55 Å². The van der Waals surface area contributed by atoms with Gasteiger partial charge in [0.1, 0.15) is 11.8 Å². The highest BCUT2D eigenvalue weighted by molar-refractivity contribution is 7.11. The summed E-state index contributed by atoms with van der Waals surface area (Å²) >= 11 is 1.74. The molecule has 2 rings (SSSR count). The third-order valence-electron chi connectivity index (χ3n) is 3.69. The lowest BCUT2D eigenvalue weighted by Crippen LogP contribution is -2.18. The molecule has 4 nitrogen and oxygen atoms in total. The first-order chi connectivity index (χ1) is 9.43. The number of rotatable bonds is 4. The van der Waals surface area contributed by atoms with Crippen LogP contribution in [0.2, 0.25) is 0 Å². The molecule has 1 atom stereocenters. The third kappa shape index (κ3) is 2.77. The van der Waals surface area contributed by atoms with Gasteiger partial charge in [-0.25, -0.2) is 4.98 Å². The highest BCUT2D eigenvalue weighted by Gasteiger charge is 2.14. The summed E-state index contributed by atoms with van der Waals surface area (Å²) in [5.41, 5.74) is 4.13. The molecule has 0 aliphatic rings. The molecule has 0 aliphatic heterocycles. The minimum atomic E-state index is 0.270. The van der Waals surface area contributed by atoms with Crippen LogP contribution in [0.25, 0.3) is 0 Å². The molecule has 0 saturated heterocycles. The van der Waals surface area contributed by atoms with Gasteiger partial charge < -0.3 is 9.88 Å². The van der Waals surface area contributed by atoms with Crippen LogP contribution < -0.4 is 5.32 Å². The smallest absolute Gasteiger partial charge is 0.120 e. The number of aryl methyl sites for hydroxylation is 2. The van der Waals surface area contributed by atoms with E-state index in [1.165, 1.54) is 10.4 Å². The van der Waals surface area contributed by atoms with Crippen molar-refractivity contribution in [2.45, 2.75) is 40.3 Å². The lowest BCUT2D eigenvalue weighted by atomic mass is 10.2. The summed E-state index contributed by atoms with van der Waals surface area (Å²) < 4.78 is 1.93. The number of nitrogens with zero attached hydrogens (tertiary/aromatic N) is 3. The molecule has 1 N–H and O–H groups in total. The summed E-state index contributed by atoms with van der Waals surface area (Å²) in [7, 11) is 1.93. The van der Waals surface area contributed by atoms with E-state index in [0.717, 1.165) is 22.9 Å². The van der Waals surface area contributed by atoms with E-state index in [1.54, 1.807) is 11.3 Å². The molecule has 0 aromatic carbocycles. The van der Waals surface area contributed by atoms with Crippen LogP contribution in [0.5, 0.6) is 0 Å². The van der Waals surface area contributed by atoms with Gasteiger partial charge in [0.25, 0.3) is 0 Å². The van der Waals surface area contributed by atoms with Crippen LogP contribution in [0.15, 0.2) is 6.07 Å². The zero-order valence-corrected chi connectivity index (χ0v) is 13.4. The van der Waals surface area contributed by atoms with Gasteiger partial charge in [-0.3, -0.25) is 0 Å². The van der Waals surface area contributed by atoms with Gasteiger partial charge in [-0.2, -0.15) is 5.26 Å². The summed E-state index contributed by atoms with van der Waals surface area (Å²) in [6.07, 6.45) is 0. The Bertz CT molecular complexity index is 660. The highest BCUT2D eigenvalue weighted by atomic mass is 32.1. The monoisotopic (exact) mass is 288 g/mol. The summed E-state index contributed by atoms with van der Waals surface area (Å²) in [5, 5.41) is 13.7. The normalized spacial score (nSPS) is 12.4. The predicted molar refractivity (Wildman–Crippen MR) is 81.7 cm³/mol. The van der Waals surface area contributed by atoms with Gasteiger partial charge in [0.2, 0.25) is 0 Å². The second-order valence-corrected chi connectivity index (χ2v) is 6.33. The van der Waals surface area contributed by atoms with Crippen LogP contribution in [0.3, 0.4) is 0 Å². The number of thiazole rings is 1. The Morgan fingerprint density at radius 3 is 2.65 bits per heavy atom. The van der Waals surface area contributed by atoms with Crippen molar-refractivity contribution in [3.63, 3.8) is 0 Å². The van der Waals surface area contributed by atoms with E-state index < -0.39 is 0 Å². The Balaban J connectivity index is 2.09. The molecule has 0 bridgehead atoms. The molecule has 20 heavy (non-hydrogen) atoms. The summed E-state index contributed by atoms with van der Waals surface area (Å²) in [6.45, 7) is 9.06. The lowest BCUT2D eigenvalue weighted by Gasteiger charge is -2.13.